The molecule has 0 spiro atoms. The van der Waals surface area contributed by atoms with Gasteiger partial charge in [-0.2, -0.15) is 0 Å². The van der Waals surface area contributed by atoms with E-state index in [9.17, 15) is 14.4 Å². The summed E-state index contributed by atoms with van der Waals surface area (Å²) in [6, 6.07) is 13.4. The zero-order valence-electron chi connectivity index (χ0n) is 15.3. The predicted octanol–water partition coefficient (Wildman–Crippen LogP) is 2.17. The van der Waals surface area contributed by atoms with Gasteiger partial charge in [-0.25, -0.2) is 9.59 Å². The molecule has 3 N–H and O–H groups in total. The number of benzene rings is 2. The smallest absolute Gasteiger partial charge is 0.341 e. The van der Waals surface area contributed by atoms with E-state index < -0.39 is 12.6 Å². The monoisotopic (exact) mass is 383 g/mol. The van der Waals surface area contributed by atoms with Crippen molar-refractivity contribution in [2.45, 2.75) is 13.0 Å². The number of amides is 3. The number of nitrogens with zero attached hydrogens (tertiary/aromatic N) is 1. The van der Waals surface area contributed by atoms with Crippen LogP contribution < -0.4 is 20.3 Å². The lowest BCUT2D eigenvalue weighted by atomic mass is 10.1. The molecule has 0 aliphatic carbocycles. The van der Waals surface area contributed by atoms with Crippen molar-refractivity contribution in [3.8, 4) is 5.75 Å². The van der Waals surface area contributed by atoms with Crippen LogP contribution in [0.4, 0.5) is 10.5 Å². The highest BCUT2D eigenvalue weighted by molar-refractivity contribution is 5.97. The molecule has 0 radical (unpaired) electrons. The second kappa shape index (κ2) is 8.43. The molecule has 3 amide bonds. The minimum atomic E-state index is -1.04. The van der Waals surface area contributed by atoms with Crippen LogP contribution in [0.1, 0.15) is 28.9 Å². The van der Waals surface area contributed by atoms with E-state index in [0.717, 1.165) is 11.3 Å². The molecule has 3 rings (SSSR count). The highest BCUT2D eigenvalue weighted by atomic mass is 16.5. The molecule has 1 aliphatic rings. The first-order chi connectivity index (χ1) is 13.4. The molecular weight excluding hydrogens is 362 g/mol. The number of carboxylic acid groups (broad SMARTS) is 1. The maximum Gasteiger partial charge on any atom is 0.341 e. The summed E-state index contributed by atoms with van der Waals surface area (Å²) in [5.74, 6) is -0.816. The summed E-state index contributed by atoms with van der Waals surface area (Å²) < 4.78 is 5.09. The maximum absolute atomic E-state index is 12.5. The number of hydrogen-bond donors (Lipinski definition) is 3. The number of rotatable bonds is 7. The van der Waals surface area contributed by atoms with Crippen molar-refractivity contribution in [2.75, 3.05) is 24.6 Å². The Bertz CT molecular complexity index is 864. The topological polar surface area (TPSA) is 108 Å². The van der Waals surface area contributed by atoms with Gasteiger partial charge >= 0.3 is 12.0 Å². The van der Waals surface area contributed by atoms with Crippen LogP contribution in [-0.2, 0) is 4.79 Å². The van der Waals surface area contributed by atoms with E-state index >= 15 is 0 Å². The van der Waals surface area contributed by atoms with Gasteiger partial charge in [0.25, 0.3) is 5.91 Å². The molecule has 8 nitrogen and oxygen atoms in total. The predicted molar refractivity (Wildman–Crippen MR) is 103 cm³/mol. The third-order valence-electron chi connectivity index (χ3n) is 4.39. The second-order valence-corrected chi connectivity index (χ2v) is 6.38. The van der Waals surface area contributed by atoms with Gasteiger partial charge in [-0.05, 0) is 48.9 Å². The first kappa shape index (κ1) is 19.2. The number of carboxylic acids is 1. The maximum atomic E-state index is 12.5. The van der Waals surface area contributed by atoms with E-state index in [-0.39, 0.29) is 18.0 Å². The fraction of sp³-hybridized carbons (Fsp3) is 0.250. The van der Waals surface area contributed by atoms with Gasteiger partial charge in [0, 0.05) is 24.3 Å². The summed E-state index contributed by atoms with van der Waals surface area (Å²) in [6.07, 6.45) is 0. The van der Waals surface area contributed by atoms with E-state index in [1.54, 1.807) is 53.4 Å². The fourth-order valence-corrected chi connectivity index (χ4v) is 2.87. The Kier molecular flexibility index (Phi) is 5.78. The molecule has 1 atom stereocenters. The standard InChI is InChI=1S/C20H21N3O5/c1-13(14-4-8-17(9-5-14)28-12-18(24)25)22-19(26)15-2-6-16(7-3-15)23-11-10-21-20(23)27/h2-9,13H,10-12H2,1H3,(H,21,27)(H,22,26)(H,24,25). The molecule has 28 heavy (non-hydrogen) atoms. The number of aliphatic carboxylic acids is 1. The lowest BCUT2D eigenvalue weighted by molar-refractivity contribution is -0.139. The van der Waals surface area contributed by atoms with Crippen LogP contribution in [0.25, 0.3) is 0 Å². The average Bonchev–Trinajstić information content (AvgIpc) is 3.12. The number of hydrogen-bond acceptors (Lipinski definition) is 4. The highest BCUT2D eigenvalue weighted by Crippen LogP contribution is 2.20. The summed E-state index contributed by atoms with van der Waals surface area (Å²) in [5.41, 5.74) is 2.11. The van der Waals surface area contributed by atoms with Gasteiger partial charge in [-0.15, -0.1) is 0 Å². The lowest BCUT2D eigenvalue weighted by Crippen LogP contribution is -2.28. The van der Waals surface area contributed by atoms with Crippen molar-refractivity contribution in [1.82, 2.24) is 10.6 Å². The van der Waals surface area contributed by atoms with Crippen LogP contribution in [0, 0.1) is 0 Å². The third kappa shape index (κ3) is 4.59. The molecular formula is C20H21N3O5. The van der Waals surface area contributed by atoms with Gasteiger partial charge < -0.3 is 20.5 Å². The van der Waals surface area contributed by atoms with E-state index in [1.807, 2.05) is 6.92 Å². The summed E-state index contributed by atoms with van der Waals surface area (Å²) >= 11 is 0. The molecule has 1 unspecified atom stereocenters. The number of carbonyl (C=O) groups is 3. The quantitative estimate of drug-likeness (QED) is 0.679. The fourth-order valence-electron chi connectivity index (χ4n) is 2.87. The zero-order chi connectivity index (χ0) is 20.1. The van der Waals surface area contributed by atoms with Gasteiger partial charge in [0.1, 0.15) is 5.75 Å². The van der Waals surface area contributed by atoms with Crippen molar-refractivity contribution in [2.24, 2.45) is 0 Å². The average molecular weight is 383 g/mol. The van der Waals surface area contributed by atoms with Crippen LogP contribution in [0.2, 0.25) is 0 Å². The molecule has 146 valence electrons. The van der Waals surface area contributed by atoms with Crippen molar-refractivity contribution in [1.29, 1.82) is 0 Å². The normalized spacial score (nSPS) is 14.3. The molecule has 1 saturated heterocycles. The Hall–Kier alpha value is -3.55. The van der Waals surface area contributed by atoms with E-state index in [1.165, 1.54) is 0 Å². The second-order valence-electron chi connectivity index (χ2n) is 6.38. The minimum absolute atomic E-state index is 0.137. The zero-order valence-corrected chi connectivity index (χ0v) is 15.3. The number of nitrogens with one attached hydrogen (secondary N) is 2. The molecule has 1 aliphatic heterocycles. The Morgan fingerprint density at radius 2 is 1.86 bits per heavy atom. The Balaban J connectivity index is 1.59. The van der Waals surface area contributed by atoms with Crippen molar-refractivity contribution in [3.63, 3.8) is 0 Å². The molecule has 0 saturated carbocycles. The molecule has 0 bridgehead atoms. The number of ether oxygens (including phenoxy) is 1. The van der Waals surface area contributed by atoms with E-state index in [4.69, 9.17) is 9.84 Å². The van der Waals surface area contributed by atoms with Crippen molar-refractivity contribution in [3.05, 3.63) is 59.7 Å². The number of anilines is 1. The first-order valence-corrected chi connectivity index (χ1v) is 8.85. The van der Waals surface area contributed by atoms with Crippen LogP contribution in [0.15, 0.2) is 48.5 Å². The molecule has 1 fully saturated rings. The van der Waals surface area contributed by atoms with Crippen molar-refractivity contribution < 1.29 is 24.2 Å². The lowest BCUT2D eigenvalue weighted by Gasteiger charge is -2.16. The van der Waals surface area contributed by atoms with Gasteiger partial charge in [0.05, 0.1) is 6.04 Å². The summed E-state index contributed by atoms with van der Waals surface area (Å²) in [6.45, 7) is 2.67. The highest BCUT2D eigenvalue weighted by Gasteiger charge is 2.21. The summed E-state index contributed by atoms with van der Waals surface area (Å²) in [4.78, 5) is 36.3. The summed E-state index contributed by atoms with van der Waals surface area (Å²) in [7, 11) is 0. The minimum Gasteiger partial charge on any atom is -0.482 e. The third-order valence-corrected chi connectivity index (χ3v) is 4.39. The Labute approximate surface area is 162 Å². The molecule has 1 heterocycles. The molecule has 2 aromatic rings. The van der Waals surface area contributed by atoms with Crippen LogP contribution >= 0.6 is 0 Å². The van der Waals surface area contributed by atoms with Gasteiger partial charge in [0.2, 0.25) is 0 Å². The Morgan fingerprint density at radius 3 is 2.43 bits per heavy atom. The van der Waals surface area contributed by atoms with Crippen LogP contribution in [0.3, 0.4) is 0 Å². The molecule has 0 aromatic heterocycles. The van der Waals surface area contributed by atoms with Gasteiger partial charge in [0.15, 0.2) is 6.61 Å². The Morgan fingerprint density at radius 1 is 1.18 bits per heavy atom. The number of urea groups is 1. The molecule has 8 heteroatoms. The number of carbonyl (C=O) groups excluding carboxylic acids is 2. The molecule has 2 aromatic carbocycles. The SMILES string of the molecule is CC(NC(=O)c1ccc(N2CCNC2=O)cc1)c1ccc(OCC(=O)O)cc1. The van der Waals surface area contributed by atoms with Gasteiger partial charge in [-0.3, -0.25) is 9.69 Å². The van der Waals surface area contributed by atoms with E-state index in [0.29, 0.717) is 24.4 Å². The van der Waals surface area contributed by atoms with Gasteiger partial charge in [-0.1, -0.05) is 12.1 Å². The first-order valence-electron chi connectivity index (χ1n) is 8.85. The summed E-state index contributed by atoms with van der Waals surface area (Å²) in [5, 5.41) is 14.3. The largest absolute Gasteiger partial charge is 0.482 e. The van der Waals surface area contributed by atoms with Crippen molar-refractivity contribution >= 4 is 23.6 Å². The van der Waals surface area contributed by atoms with E-state index in [2.05, 4.69) is 10.6 Å². The van der Waals surface area contributed by atoms with Crippen LogP contribution in [-0.4, -0.2) is 42.7 Å². The van der Waals surface area contributed by atoms with Crippen LogP contribution in [0.5, 0.6) is 5.75 Å².